The van der Waals surface area contributed by atoms with Gasteiger partial charge in [0.1, 0.15) is 11.6 Å². The molecular weight excluding hydrogens is 452 g/mol. The van der Waals surface area contributed by atoms with Crippen LogP contribution in [0, 0.1) is 5.41 Å². The summed E-state index contributed by atoms with van der Waals surface area (Å²) in [4.78, 5) is 17.6. The summed E-state index contributed by atoms with van der Waals surface area (Å²) in [6.07, 6.45) is 9.07. The Balaban J connectivity index is 1.25. The number of nitrogens with two attached hydrogens (primary N) is 2. The van der Waals surface area contributed by atoms with E-state index in [-0.39, 0.29) is 11.8 Å². The number of phenols is 1. The first-order valence-corrected chi connectivity index (χ1v) is 12.7. The van der Waals surface area contributed by atoms with Crippen molar-refractivity contribution >= 4 is 29.2 Å². The summed E-state index contributed by atoms with van der Waals surface area (Å²) in [5.74, 6) is 1.44. The van der Waals surface area contributed by atoms with Crippen molar-refractivity contribution < 1.29 is 5.11 Å². The average molecular weight is 487 g/mol. The fraction of sp³-hybridized carbons (Fsp3) is 0.407. The minimum atomic E-state index is 0.0104. The zero-order chi connectivity index (χ0) is 24.9. The zero-order valence-electron chi connectivity index (χ0n) is 20.7. The van der Waals surface area contributed by atoms with E-state index in [1.807, 2.05) is 24.5 Å². The normalized spacial score (nSPS) is 24.0. The fourth-order valence-corrected chi connectivity index (χ4v) is 6.17. The molecular formula is C27H34N8O. The number of anilines is 3. The Morgan fingerprint density at radius 1 is 1.19 bits per heavy atom. The Bertz CT molecular complexity index is 1290. The van der Waals surface area contributed by atoms with Crippen molar-refractivity contribution in [3.05, 3.63) is 59.0 Å². The lowest BCUT2D eigenvalue weighted by molar-refractivity contribution is 0.369. The molecule has 2 unspecified atom stereocenters. The third-order valence-electron chi connectivity index (χ3n) is 8.21. The number of fused-ring (bicyclic) bond motifs is 1. The quantitative estimate of drug-likeness (QED) is 0.380. The van der Waals surface area contributed by atoms with E-state index < -0.39 is 0 Å². The molecule has 1 spiro atoms. The summed E-state index contributed by atoms with van der Waals surface area (Å²) >= 11 is 0. The van der Waals surface area contributed by atoms with Crippen molar-refractivity contribution in [3.8, 4) is 5.75 Å². The molecule has 0 bridgehead atoms. The summed E-state index contributed by atoms with van der Waals surface area (Å²) in [6.45, 7) is 7.31. The molecule has 188 valence electrons. The fourth-order valence-electron chi connectivity index (χ4n) is 6.17. The maximum atomic E-state index is 10.2. The number of nitrogen functional groups attached to an aromatic ring is 1. The molecule has 1 aromatic carbocycles. The lowest BCUT2D eigenvalue weighted by Gasteiger charge is -2.34. The molecule has 2 atom stereocenters. The van der Waals surface area contributed by atoms with Crippen LogP contribution in [0.15, 0.2) is 36.7 Å². The number of hydrogen-bond acceptors (Lipinski definition) is 8. The summed E-state index contributed by atoms with van der Waals surface area (Å²) in [6, 6.07) is 7.06. The van der Waals surface area contributed by atoms with Gasteiger partial charge in [0.05, 0.1) is 24.1 Å². The highest BCUT2D eigenvalue weighted by Gasteiger charge is 2.40. The number of benzene rings is 1. The Hall–Kier alpha value is -3.72. The van der Waals surface area contributed by atoms with E-state index in [1.54, 1.807) is 18.2 Å². The number of phenolic OH excluding ortho intramolecular Hbond substituents is 1. The number of H-pyrrole nitrogens is 1. The Morgan fingerprint density at radius 3 is 2.75 bits per heavy atom. The zero-order valence-corrected chi connectivity index (χ0v) is 20.7. The third-order valence-corrected chi connectivity index (χ3v) is 8.21. The number of para-hydroxylation sites is 1. The molecule has 5 heterocycles. The standard InChI is InChI=1S/C27H34N8O/c1-17-24-20(12-21(28)19-4-2-3-5-23(19)36)25(29)33-22(24)6-10-35(17)26-31-13-18(14-32-26)34-11-8-27(16-34)7-9-30-15-27/h2-5,12-14,17,30,33,36H,6-11,15-16,28-29H2,1H3/b21-12-. The lowest BCUT2D eigenvalue weighted by Crippen LogP contribution is -2.35. The van der Waals surface area contributed by atoms with Gasteiger partial charge in [0.15, 0.2) is 0 Å². The van der Waals surface area contributed by atoms with Crippen LogP contribution >= 0.6 is 0 Å². The van der Waals surface area contributed by atoms with Crippen LogP contribution in [0.1, 0.15) is 48.2 Å². The van der Waals surface area contributed by atoms with Gasteiger partial charge in [0.2, 0.25) is 5.95 Å². The highest BCUT2D eigenvalue weighted by atomic mass is 16.3. The minimum Gasteiger partial charge on any atom is -0.507 e. The molecule has 2 saturated heterocycles. The predicted octanol–water partition coefficient (Wildman–Crippen LogP) is 2.86. The molecule has 3 aromatic rings. The molecule has 0 aliphatic carbocycles. The Kier molecular flexibility index (Phi) is 5.52. The molecule has 3 aliphatic rings. The van der Waals surface area contributed by atoms with Crippen LogP contribution in [-0.2, 0) is 6.42 Å². The van der Waals surface area contributed by atoms with E-state index in [0.29, 0.717) is 22.5 Å². The maximum absolute atomic E-state index is 10.2. The van der Waals surface area contributed by atoms with Gasteiger partial charge in [0, 0.05) is 66.1 Å². The van der Waals surface area contributed by atoms with Crippen LogP contribution in [0.5, 0.6) is 5.75 Å². The largest absolute Gasteiger partial charge is 0.507 e. The first kappa shape index (κ1) is 22.7. The van der Waals surface area contributed by atoms with Gasteiger partial charge in [0.25, 0.3) is 0 Å². The van der Waals surface area contributed by atoms with Crippen LogP contribution in [0.2, 0.25) is 0 Å². The Morgan fingerprint density at radius 2 is 2.00 bits per heavy atom. The van der Waals surface area contributed by atoms with Crippen LogP contribution < -0.4 is 26.6 Å². The molecule has 2 fully saturated rings. The second-order valence-electron chi connectivity index (χ2n) is 10.4. The van der Waals surface area contributed by atoms with Gasteiger partial charge in [-0.05, 0) is 44.5 Å². The van der Waals surface area contributed by atoms with E-state index >= 15 is 0 Å². The van der Waals surface area contributed by atoms with Crippen molar-refractivity contribution in [3.63, 3.8) is 0 Å². The summed E-state index contributed by atoms with van der Waals surface area (Å²) < 4.78 is 0. The summed E-state index contributed by atoms with van der Waals surface area (Å²) in [7, 11) is 0. The van der Waals surface area contributed by atoms with Gasteiger partial charge >= 0.3 is 0 Å². The molecule has 9 nitrogen and oxygen atoms in total. The van der Waals surface area contributed by atoms with Crippen LogP contribution in [0.4, 0.5) is 17.5 Å². The van der Waals surface area contributed by atoms with Crippen molar-refractivity contribution in [2.45, 2.75) is 32.2 Å². The van der Waals surface area contributed by atoms with Gasteiger partial charge in [-0.2, -0.15) is 0 Å². The number of aromatic hydroxyl groups is 1. The van der Waals surface area contributed by atoms with Crippen molar-refractivity contribution in [1.82, 2.24) is 20.3 Å². The van der Waals surface area contributed by atoms with Crippen LogP contribution in [-0.4, -0.2) is 52.8 Å². The van der Waals surface area contributed by atoms with E-state index in [1.165, 1.54) is 12.8 Å². The first-order chi connectivity index (χ1) is 17.4. The number of aromatic amines is 1. The number of nitrogens with zero attached hydrogens (tertiary/aromatic N) is 4. The number of aromatic nitrogens is 3. The second-order valence-corrected chi connectivity index (χ2v) is 10.4. The summed E-state index contributed by atoms with van der Waals surface area (Å²) in [5, 5.41) is 13.8. The van der Waals surface area contributed by atoms with E-state index in [9.17, 15) is 5.11 Å². The minimum absolute atomic E-state index is 0.0104. The van der Waals surface area contributed by atoms with Crippen LogP contribution in [0.25, 0.3) is 11.8 Å². The number of rotatable bonds is 4. The van der Waals surface area contributed by atoms with Crippen molar-refractivity contribution in [2.75, 3.05) is 48.3 Å². The SMILES string of the molecule is CC1c2c([nH]c(N)c2/C=C(\N)c2ccccc2O)CCN1c1ncc(N2CCC3(CCNC3)C2)cn1. The van der Waals surface area contributed by atoms with E-state index in [0.717, 1.165) is 67.6 Å². The molecule has 7 N–H and O–H groups in total. The first-order valence-electron chi connectivity index (χ1n) is 12.7. The number of nitrogens with one attached hydrogen (secondary N) is 2. The Labute approximate surface area is 211 Å². The highest BCUT2D eigenvalue weighted by Crippen LogP contribution is 2.40. The average Bonchev–Trinajstić information content (AvgIpc) is 3.60. The molecule has 6 rings (SSSR count). The smallest absolute Gasteiger partial charge is 0.225 e. The van der Waals surface area contributed by atoms with E-state index in [4.69, 9.17) is 21.4 Å². The van der Waals surface area contributed by atoms with Gasteiger partial charge in [-0.25, -0.2) is 9.97 Å². The molecule has 3 aliphatic heterocycles. The monoisotopic (exact) mass is 486 g/mol. The third kappa shape index (κ3) is 3.83. The molecule has 0 amide bonds. The maximum Gasteiger partial charge on any atom is 0.225 e. The van der Waals surface area contributed by atoms with Gasteiger partial charge in [-0.1, -0.05) is 12.1 Å². The summed E-state index contributed by atoms with van der Waals surface area (Å²) in [5.41, 5.74) is 18.4. The van der Waals surface area contributed by atoms with E-state index in [2.05, 4.69) is 27.0 Å². The molecule has 2 aromatic heterocycles. The molecule has 0 saturated carbocycles. The molecule has 36 heavy (non-hydrogen) atoms. The lowest BCUT2D eigenvalue weighted by atomic mass is 9.87. The topological polar surface area (TPSA) is 132 Å². The van der Waals surface area contributed by atoms with Gasteiger partial charge < -0.3 is 36.7 Å². The molecule has 9 heteroatoms. The van der Waals surface area contributed by atoms with Crippen molar-refractivity contribution in [1.29, 1.82) is 0 Å². The second kappa shape index (κ2) is 8.74. The predicted molar refractivity (Wildman–Crippen MR) is 144 cm³/mol. The van der Waals surface area contributed by atoms with Crippen LogP contribution in [0.3, 0.4) is 0 Å². The van der Waals surface area contributed by atoms with Gasteiger partial charge in [-0.3, -0.25) is 0 Å². The molecule has 0 radical (unpaired) electrons. The highest BCUT2D eigenvalue weighted by molar-refractivity contribution is 5.86. The van der Waals surface area contributed by atoms with Crippen molar-refractivity contribution in [2.24, 2.45) is 11.1 Å². The van der Waals surface area contributed by atoms with Gasteiger partial charge in [-0.15, -0.1) is 0 Å². The number of hydrogen-bond donors (Lipinski definition) is 5.